The van der Waals surface area contributed by atoms with Crippen LogP contribution in [-0.2, 0) is 46.5 Å². The second-order valence-electron chi connectivity index (χ2n) is 11.5. The maximum atomic E-state index is 13.8. The number of ether oxygens (including phenoxy) is 3. The van der Waals surface area contributed by atoms with E-state index in [0.29, 0.717) is 50.0 Å². The molecule has 3 aromatic carbocycles. The Morgan fingerprint density at radius 3 is 2.69 bits per heavy atom. The highest BCUT2D eigenvalue weighted by atomic mass is 19.4. The number of hydrogen-bond acceptors (Lipinski definition) is 6. The van der Waals surface area contributed by atoms with Gasteiger partial charge in [0.2, 0.25) is 0 Å². The molecular formula is C34H35F4N3O4. The van der Waals surface area contributed by atoms with E-state index < -0.39 is 23.8 Å². The number of imidazole rings is 1. The third-order valence-electron chi connectivity index (χ3n) is 8.41. The van der Waals surface area contributed by atoms with Gasteiger partial charge in [0, 0.05) is 13.2 Å². The van der Waals surface area contributed by atoms with Crippen LogP contribution in [0.25, 0.3) is 11.0 Å². The average Bonchev–Trinajstić information content (AvgIpc) is 3.34. The zero-order chi connectivity index (χ0) is 31.6. The largest absolute Gasteiger partial charge is 0.462 e. The molecule has 0 N–H and O–H groups in total. The summed E-state index contributed by atoms with van der Waals surface area (Å²) in [6.45, 7) is 4.17. The topological polar surface area (TPSA) is 65.8 Å². The molecular weight excluding hydrogens is 590 g/mol. The van der Waals surface area contributed by atoms with Crippen molar-refractivity contribution in [3.63, 3.8) is 0 Å². The standard InChI is InChI=1S/C34H35F4N3O4/c1-2-3-15-44-33(42)23-9-11-29-30(17-23)41(19-26-13-16-43-26)31(39-29)20-40-14-12-22-6-4-5-7-27(22)32(40)45-21-24-8-10-25(35)18-28(24)34(36,37)38/h4-11,17-18,26,32H,2-3,12-16,19-21H2,1H3/t26-,32-/m0/s1. The number of halogens is 4. The molecule has 2 atom stereocenters. The molecule has 1 aromatic heterocycles. The van der Waals surface area contributed by atoms with Crippen LogP contribution < -0.4 is 0 Å². The Morgan fingerprint density at radius 1 is 1.11 bits per heavy atom. The molecule has 238 valence electrons. The first-order valence-electron chi connectivity index (χ1n) is 15.3. The molecule has 0 saturated carbocycles. The van der Waals surface area contributed by atoms with Gasteiger partial charge in [0.1, 0.15) is 17.9 Å². The lowest BCUT2D eigenvalue weighted by atomic mass is 9.98. The summed E-state index contributed by atoms with van der Waals surface area (Å²) >= 11 is 0. The minimum atomic E-state index is -4.72. The number of fused-ring (bicyclic) bond motifs is 2. The highest BCUT2D eigenvalue weighted by Crippen LogP contribution is 2.36. The molecule has 6 rings (SSSR count). The Hall–Kier alpha value is -3.80. The van der Waals surface area contributed by atoms with Gasteiger partial charge in [-0.15, -0.1) is 0 Å². The van der Waals surface area contributed by atoms with Crippen LogP contribution in [0.5, 0.6) is 0 Å². The summed E-state index contributed by atoms with van der Waals surface area (Å²) < 4.78 is 74.5. The van der Waals surface area contributed by atoms with Crippen molar-refractivity contribution in [1.29, 1.82) is 0 Å². The third kappa shape index (κ3) is 6.90. The maximum Gasteiger partial charge on any atom is 0.416 e. The molecule has 7 nitrogen and oxygen atoms in total. The number of nitrogens with zero attached hydrogens (tertiary/aromatic N) is 3. The normalized spacial score (nSPS) is 18.5. The fourth-order valence-corrected chi connectivity index (χ4v) is 5.88. The van der Waals surface area contributed by atoms with Gasteiger partial charge >= 0.3 is 12.1 Å². The number of rotatable bonds is 11. The molecule has 0 aliphatic carbocycles. The second-order valence-corrected chi connectivity index (χ2v) is 11.5. The first kappa shape index (κ1) is 31.2. The van der Waals surface area contributed by atoms with Crippen molar-refractivity contribution >= 4 is 17.0 Å². The Kier molecular flexibility index (Phi) is 9.21. The van der Waals surface area contributed by atoms with Gasteiger partial charge in [0.15, 0.2) is 0 Å². The summed E-state index contributed by atoms with van der Waals surface area (Å²) in [6.07, 6.45) is -2.05. The molecule has 45 heavy (non-hydrogen) atoms. The highest BCUT2D eigenvalue weighted by molar-refractivity contribution is 5.93. The van der Waals surface area contributed by atoms with Crippen LogP contribution in [0.2, 0.25) is 0 Å². The Labute approximate surface area is 258 Å². The van der Waals surface area contributed by atoms with Gasteiger partial charge in [-0.1, -0.05) is 43.7 Å². The Morgan fingerprint density at radius 2 is 1.93 bits per heavy atom. The van der Waals surface area contributed by atoms with Gasteiger partial charge in [-0.3, -0.25) is 4.90 Å². The van der Waals surface area contributed by atoms with E-state index in [4.69, 9.17) is 19.2 Å². The van der Waals surface area contributed by atoms with Crippen molar-refractivity contribution in [2.24, 2.45) is 0 Å². The maximum absolute atomic E-state index is 13.8. The van der Waals surface area contributed by atoms with Crippen LogP contribution in [0.15, 0.2) is 60.7 Å². The van der Waals surface area contributed by atoms with E-state index in [1.54, 1.807) is 18.2 Å². The van der Waals surface area contributed by atoms with Crippen molar-refractivity contribution in [3.8, 4) is 0 Å². The molecule has 1 fully saturated rings. The number of carbonyl (C=O) groups excluding carboxylic acids is 1. The van der Waals surface area contributed by atoms with Crippen LogP contribution in [0.1, 0.15) is 70.9 Å². The number of carbonyl (C=O) groups is 1. The first-order chi connectivity index (χ1) is 21.7. The van der Waals surface area contributed by atoms with E-state index >= 15 is 0 Å². The van der Waals surface area contributed by atoms with Crippen LogP contribution in [0.4, 0.5) is 17.6 Å². The zero-order valence-electron chi connectivity index (χ0n) is 25.0. The summed E-state index contributed by atoms with van der Waals surface area (Å²) in [5.41, 5.74) is 2.66. The summed E-state index contributed by atoms with van der Waals surface area (Å²) in [5, 5.41) is 0. The van der Waals surface area contributed by atoms with Crippen LogP contribution >= 0.6 is 0 Å². The summed E-state index contributed by atoms with van der Waals surface area (Å²) in [6, 6.07) is 15.7. The van der Waals surface area contributed by atoms with Crippen molar-refractivity contribution in [1.82, 2.24) is 14.5 Å². The van der Waals surface area contributed by atoms with E-state index in [2.05, 4.69) is 9.47 Å². The van der Waals surface area contributed by atoms with Crippen LogP contribution in [0.3, 0.4) is 0 Å². The molecule has 0 unspecified atom stereocenters. The minimum absolute atomic E-state index is 0.00899. The number of hydrogen-bond donors (Lipinski definition) is 0. The summed E-state index contributed by atoms with van der Waals surface area (Å²) in [5.74, 6) is -0.621. The predicted octanol–water partition coefficient (Wildman–Crippen LogP) is 7.21. The number of esters is 1. The first-order valence-corrected chi connectivity index (χ1v) is 15.3. The molecule has 0 amide bonds. The molecule has 4 aromatic rings. The predicted molar refractivity (Wildman–Crippen MR) is 159 cm³/mol. The van der Waals surface area contributed by atoms with E-state index in [0.717, 1.165) is 60.3 Å². The van der Waals surface area contributed by atoms with Crippen molar-refractivity contribution in [2.75, 3.05) is 19.8 Å². The molecule has 2 aliphatic rings. The number of alkyl halides is 3. The average molecular weight is 626 g/mol. The molecule has 3 heterocycles. The minimum Gasteiger partial charge on any atom is -0.462 e. The molecule has 0 radical (unpaired) electrons. The lowest BCUT2D eigenvalue weighted by Gasteiger charge is -2.37. The monoisotopic (exact) mass is 625 g/mol. The van der Waals surface area contributed by atoms with Crippen molar-refractivity contribution in [3.05, 3.63) is 100 Å². The van der Waals surface area contributed by atoms with E-state index in [9.17, 15) is 22.4 Å². The smallest absolute Gasteiger partial charge is 0.416 e. The highest BCUT2D eigenvalue weighted by Gasteiger charge is 2.35. The zero-order valence-corrected chi connectivity index (χ0v) is 25.0. The van der Waals surface area contributed by atoms with E-state index in [-0.39, 0.29) is 24.2 Å². The number of unbranched alkanes of at least 4 members (excludes halogenated alkanes) is 1. The number of aromatic nitrogens is 2. The lowest BCUT2D eigenvalue weighted by Crippen LogP contribution is -2.38. The fourth-order valence-electron chi connectivity index (χ4n) is 5.88. The molecule has 1 saturated heterocycles. The lowest BCUT2D eigenvalue weighted by molar-refractivity contribution is -0.140. The van der Waals surface area contributed by atoms with Crippen molar-refractivity contribution < 1.29 is 36.6 Å². The van der Waals surface area contributed by atoms with Gasteiger partial charge in [0.25, 0.3) is 0 Å². The van der Waals surface area contributed by atoms with Gasteiger partial charge in [-0.05, 0) is 66.3 Å². The summed E-state index contributed by atoms with van der Waals surface area (Å²) in [4.78, 5) is 19.7. The summed E-state index contributed by atoms with van der Waals surface area (Å²) in [7, 11) is 0. The van der Waals surface area contributed by atoms with Gasteiger partial charge < -0.3 is 18.8 Å². The molecule has 2 aliphatic heterocycles. The second kappa shape index (κ2) is 13.3. The Balaban J connectivity index is 1.31. The van der Waals surface area contributed by atoms with Gasteiger partial charge in [-0.25, -0.2) is 14.2 Å². The molecule has 0 bridgehead atoms. The van der Waals surface area contributed by atoms with E-state index in [1.807, 2.05) is 31.2 Å². The number of benzene rings is 3. The third-order valence-corrected chi connectivity index (χ3v) is 8.41. The van der Waals surface area contributed by atoms with Gasteiger partial charge in [0.05, 0.1) is 54.6 Å². The van der Waals surface area contributed by atoms with E-state index in [1.165, 1.54) is 0 Å². The quantitative estimate of drug-likeness (QED) is 0.0997. The van der Waals surface area contributed by atoms with Crippen LogP contribution in [0, 0.1) is 5.82 Å². The van der Waals surface area contributed by atoms with Crippen LogP contribution in [-0.4, -0.2) is 46.3 Å². The SMILES string of the molecule is CCCCOC(=O)c1ccc2nc(CN3CCc4ccccc4[C@@H]3OCc3ccc(F)cc3C(F)(F)F)n(C[C@@H]3CCO3)c2c1. The van der Waals surface area contributed by atoms with Gasteiger partial charge in [-0.2, -0.15) is 13.2 Å². The molecule has 11 heteroatoms. The Bertz CT molecular complexity index is 1670. The van der Waals surface area contributed by atoms with Crippen molar-refractivity contribution in [2.45, 2.75) is 70.8 Å². The molecule has 0 spiro atoms. The fraction of sp³-hybridized carbons (Fsp3) is 0.412.